The number of carbonyl (C=O) groups excluding carboxylic acids is 1. The number of guanidine groups is 1. The maximum atomic E-state index is 12.6. The van der Waals surface area contributed by atoms with Crippen molar-refractivity contribution in [1.82, 2.24) is 20.3 Å². The van der Waals surface area contributed by atoms with Gasteiger partial charge in [0.05, 0.1) is 5.75 Å². The van der Waals surface area contributed by atoms with Gasteiger partial charge in [0, 0.05) is 44.7 Å². The lowest BCUT2D eigenvalue weighted by Crippen LogP contribution is -2.45. The smallest absolute Gasteiger partial charge is 0.225 e. The van der Waals surface area contributed by atoms with Crippen LogP contribution in [0.15, 0.2) is 4.99 Å². The van der Waals surface area contributed by atoms with Gasteiger partial charge in [0.15, 0.2) is 5.96 Å². The number of likely N-dealkylation sites (tertiary alicyclic amines) is 1. The number of amides is 1. The van der Waals surface area contributed by atoms with Crippen LogP contribution in [0.4, 0.5) is 0 Å². The number of nitrogens with zero attached hydrogens (tertiary/aromatic N) is 2. The molecular formula is C18H35N5O3S. The van der Waals surface area contributed by atoms with Gasteiger partial charge in [-0.1, -0.05) is 12.8 Å². The molecule has 0 spiro atoms. The van der Waals surface area contributed by atoms with E-state index in [9.17, 15) is 13.2 Å². The van der Waals surface area contributed by atoms with E-state index >= 15 is 0 Å². The summed E-state index contributed by atoms with van der Waals surface area (Å²) in [6.45, 7) is 6.87. The molecule has 27 heavy (non-hydrogen) atoms. The van der Waals surface area contributed by atoms with Gasteiger partial charge in [-0.05, 0) is 39.5 Å². The molecule has 1 saturated carbocycles. The molecule has 1 heterocycles. The van der Waals surface area contributed by atoms with Gasteiger partial charge in [-0.15, -0.1) is 0 Å². The van der Waals surface area contributed by atoms with E-state index in [1.165, 1.54) is 12.8 Å². The quantitative estimate of drug-likeness (QED) is 0.299. The SMILES string of the molecule is CCNC(=NCCCNS(=O)(=O)CC)NC1CCN(C(=O)C2CCCC2)C1. The molecule has 3 N–H and O–H groups in total. The molecule has 2 rings (SSSR count). The fraction of sp³-hybridized carbons (Fsp3) is 0.889. The summed E-state index contributed by atoms with van der Waals surface area (Å²) < 4.78 is 25.4. The van der Waals surface area contributed by atoms with Crippen LogP contribution in [0.2, 0.25) is 0 Å². The van der Waals surface area contributed by atoms with Crippen LogP contribution in [0.5, 0.6) is 0 Å². The first-order valence-corrected chi connectivity index (χ1v) is 11.9. The average molecular weight is 402 g/mol. The van der Waals surface area contributed by atoms with E-state index in [-0.39, 0.29) is 17.7 Å². The first kappa shape index (κ1) is 21.9. The Bertz CT molecular complexity index is 602. The lowest BCUT2D eigenvalue weighted by atomic mass is 10.1. The van der Waals surface area contributed by atoms with Crippen LogP contribution in [0, 0.1) is 5.92 Å². The largest absolute Gasteiger partial charge is 0.357 e. The molecule has 1 aliphatic carbocycles. The van der Waals surface area contributed by atoms with E-state index in [1.807, 2.05) is 11.8 Å². The van der Waals surface area contributed by atoms with Gasteiger partial charge in [-0.3, -0.25) is 9.79 Å². The molecule has 0 aromatic rings. The van der Waals surface area contributed by atoms with Gasteiger partial charge < -0.3 is 15.5 Å². The standard InChI is InChI=1S/C18H35N5O3S/c1-3-19-18(20-11-7-12-21-27(25,26)4-2)22-16-10-13-23(14-16)17(24)15-8-5-6-9-15/h15-16,21H,3-14H2,1-2H3,(H2,19,20,22). The Morgan fingerprint density at radius 1 is 1.19 bits per heavy atom. The third-order valence-electron chi connectivity index (χ3n) is 5.20. The Kier molecular flexibility index (Phi) is 8.82. The van der Waals surface area contributed by atoms with Crippen molar-refractivity contribution >= 4 is 21.9 Å². The number of hydrogen-bond donors (Lipinski definition) is 3. The molecule has 1 aliphatic heterocycles. The monoisotopic (exact) mass is 401 g/mol. The molecule has 0 radical (unpaired) electrons. The van der Waals surface area contributed by atoms with Gasteiger partial charge in [-0.25, -0.2) is 13.1 Å². The second kappa shape index (κ2) is 10.8. The average Bonchev–Trinajstić information content (AvgIpc) is 3.33. The number of nitrogens with one attached hydrogen (secondary N) is 3. The highest BCUT2D eigenvalue weighted by Gasteiger charge is 2.32. The van der Waals surface area contributed by atoms with Crippen molar-refractivity contribution in [3.05, 3.63) is 0 Å². The highest BCUT2D eigenvalue weighted by Crippen LogP contribution is 2.27. The molecule has 2 fully saturated rings. The summed E-state index contributed by atoms with van der Waals surface area (Å²) in [5, 5.41) is 6.64. The molecule has 1 atom stereocenters. The Morgan fingerprint density at radius 3 is 2.59 bits per heavy atom. The van der Waals surface area contributed by atoms with Crippen molar-refractivity contribution in [3.63, 3.8) is 0 Å². The second-order valence-electron chi connectivity index (χ2n) is 7.31. The number of aliphatic imine (C=N–C) groups is 1. The minimum atomic E-state index is -3.14. The van der Waals surface area contributed by atoms with E-state index in [2.05, 4.69) is 20.3 Å². The summed E-state index contributed by atoms with van der Waals surface area (Å²) in [4.78, 5) is 19.1. The highest BCUT2D eigenvalue weighted by atomic mass is 32.2. The van der Waals surface area contributed by atoms with Crippen LogP contribution in [0.3, 0.4) is 0 Å². The van der Waals surface area contributed by atoms with Crippen LogP contribution in [0.1, 0.15) is 52.4 Å². The van der Waals surface area contributed by atoms with Crippen molar-refractivity contribution < 1.29 is 13.2 Å². The Labute approximate surface area is 163 Å². The van der Waals surface area contributed by atoms with Crippen LogP contribution in [-0.4, -0.2) is 69.7 Å². The van der Waals surface area contributed by atoms with Crippen molar-refractivity contribution in [1.29, 1.82) is 0 Å². The zero-order valence-corrected chi connectivity index (χ0v) is 17.5. The fourth-order valence-electron chi connectivity index (χ4n) is 3.62. The molecule has 1 unspecified atom stereocenters. The topological polar surface area (TPSA) is 103 Å². The minimum absolute atomic E-state index is 0.0955. The zero-order valence-electron chi connectivity index (χ0n) is 16.7. The summed E-state index contributed by atoms with van der Waals surface area (Å²) in [5.74, 6) is 1.38. The molecule has 9 heteroatoms. The molecular weight excluding hydrogens is 366 g/mol. The number of hydrogen-bond acceptors (Lipinski definition) is 4. The van der Waals surface area contributed by atoms with E-state index in [0.717, 1.165) is 44.9 Å². The molecule has 0 aromatic carbocycles. The summed E-state index contributed by atoms with van der Waals surface area (Å²) in [6.07, 6.45) is 6.01. The molecule has 1 saturated heterocycles. The second-order valence-corrected chi connectivity index (χ2v) is 9.40. The third-order valence-corrected chi connectivity index (χ3v) is 6.60. The molecule has 1 amide bonds. The van der Waals surface area contributed by atoms with Crippen molar-refractivity contribution in [3.8, 4) is 0 Å². The number of sulfonamides is 1. The van der Waals surface area contributed by atoms with Crippen molar-refractivity contribution in [2.75, 3.05) is 38.5 Å². The molecule has 156 valence electrons. The van der Waals surface area contributed by atoms with Crippen molar-refractivity contribution in [2.24, 2.45) is 10.9 Å². The maximum Gasteiger partial charge on any atom is 0.225 e. The van der Waals surface area contributed by atoms with Crippen LogP contribution >= 0.6 is 0 Å². The first-order valence-electron chi connectivity index (χ1n) is 10.3. The molecule has 0 bridgehead atoms. The van der Waals surface area contributed by atoms with E-state index in [4.69, 9.17) is 0 Å². The highest BCUT2D eigenvalue weighted by molar-refractivity contribution is 7.89. The normalized spacial score (nSPS) is 21.6. The van der Waals surface area contributed by atoms with Gasteiger partial charge in [0.25, 0.3) is 0 Å². The van der Waals surface area contributed by atoms with Gasteiger partial charge >= 0.3 is 0 Å². The fourth-order valence-corrected chi connectivity index (χ4v) is 4.28. The summed E-state index contributed by atoms with van der Waals surface area (Å²) >= 11 is 0. The molecule has 0 aromatic heterocycles. The van der Waals surface area contributed by atoms with Crippen LogP contribution < -0.4 is 15.4 Å². The Balaban J connectivity index is 1.75. The molecule has 2 aliphatic rings. The van der Waals surface area contributed by atoms with Crippen molar-refractivity contribution in [2.45, 2.75) is 58.4 Å². The van der Waals surface area contributed by atoms with E-state index in [0.29, 0.717) is 25.4 Å². The van der Waals surface area contributed by atoms with Crippen LogP contribution in [0.25, 0.3) is 0 Å². The Morgan fingerprint density at radius 2 is 1.93 bits per heavy atom. The van der Waals surface area contributed by atoms with E-state index < -0.39 is 10.0 Å². The van der Waals surface area contributed by atoms with Gasteiger partial charge in [0.2, 0.25) is 15.9 Å². The lowest BCUT2D eigenvalue weighted by Gasteiger charge is -2.21. The number of carbonyl (C=O) groups is 1. The minimum Gasteiger partial charge on any atom is -0.357 e. The summed E-state index contributed by atoms with van der Waals surface area (Å²) in [5.41, 5.74) is 0. The van der Waals surface area contributed by atoms with E-state index in [1.54, 1.807) is 6.92 Å². The number of rotatable bonds is 9. The Hall–Kier alpha value is -1.35. The van der Waals surface area contributed by atoms with Crippen LogP contribution in [-0.2, 0) is 14.8 Å². The van der Waals surface area contributed by atoms with Gasteiger partial charge in [-0.2, -0.15) is 0 Å². The first-order chi connectivity index (χ1) is 12.9. The molecule has 8 nitrogen and oxygen atoms in total. The third kappa shape index (κ3) is 7.29. The summed E-state index contributed by atoms with van der Waals surface area (Å²) in [6, 6.07) is 0.215. The predicted octanol–water partition coefficient (Wildman–Crippen LogP) is 0.662. The maximum absolute atomic E-state index is 12.6. The van der Waals surface area contributed by atoms with Gasteiger partial charge in [0.1, 0.15) is 0 Å². The zero-order chi connectivity index (χ0) is 19.7. The predicted molar refractivity (Wildman–Crippen MR) is 108 cm³/mol. The summed E-state index contributed by atoms with van der Waals surface area (Å²) in [7, 11) is -3.14. The lowest BCUT2D eigenvalue weighted by molar-refractivity contribution is -0.134.